The zero-order valence-electron chi connectivity index (χ0n) is 14.0. The van der Waals surface area contributed by atoms with Crippen molar-refractivity contribution < 1.29 is 14.0 Å². The molecule has 0 bridgehead atoms. The second-order valence-electron chi connectivity index (χ2n) is 6.47. The molecule has 0 unspecified atom stereocenters. The van der Waals surface area contributed by atoms with Crippen molar-refractivity contribution in [2.24, 2.45) is 7.05 Å². The number of hydrogen-bond donors (Lipinski definition) is 0. The molecule has 0 N–H and O–H groups in total. The minimum Gasteiger partial charge on any atom is -0.463 e. The molecule has 25 heavy (non-hydrogen) atoms. The highest BCUT2D eigenvalue weighted by Crippen LogP contribution is 2.28. The number of furan rings is 1. The summed E-state index contributed by atoms with van der Waals surface area (Å²) in [7, 11) is 1.78. The number of likely N-dealkylation sites (tertiary alicyclic amines) is 1. The molecule has 0 aliphatic carbocycles. The Hall–Kier alpha value is -2.89. The summed E-state index contributed by atoms with van der Waals surface area (Å²) in [4.78, 5) is 27.3. The average molecular weight is 337 g/mol. The number of amides is 1. The van der Waals surface area contributed by atoms with Gasteiger partial charge in [0.05, 0.1) is 17.3 Å². The zero-order chi connectivity index (χ0) is 17.4. The summed E-state index contributed by atoms with van der Waals surface area (Å²) in [6, 6.07) is 7.43. The number of nitrogens with zero attached hydrogens (tertiary/aromatic N) is 3. The van der Waals surface area contributed by atoms with Gasteiger partial charge >= 0.3 is 0 Å². The second kappa shape index (κ2) is 6.20. The van der Waals surface area contributed by atoms with Crippen molar-refractivity contribution in [1.29, 1.82) is 0 Å². The van der Waals surface area contributed by atoms with Crippen LogP contribution >= 0.6 is 0 Å². The van der Waals surface area contributed by atoms with Crippen LogP contribution in [0.5, 0.6) is 0 Å². The molecule has 1 aromatic carbocycles. The molecule has 3 aromatic rings. The first-order chi connectivity index (χ1) is 12.1. The average Bonchev–Trinajstić information content (AvgIpc) is 3.33. The van der Waals surface area contributed by atoms with Crippen LogP contribution in [-0.4, -0.2) is 39.0 Å². The maximum absolute atomic E-state index is 13.0. The Bertz CT molecular complexity index is 940. The standard InChI is InChI=1S/C19H19N3O3/c1-21-11-13(10-20-21)17(23)9-14-5-4-8-22(14)19(24)16-12-25-18-7-3-2-6-15(16)18/h2-3,6-7,10-12,14H,4-5,8-9H2,1H3/t14-/m0/s1. The number of ketones is 1. The number of Topliss-reactive ketones (excluding diaryl/α,β-unsaturated/α-hetero) is 1. The normalized spacial score (nSPS) is 17.3. The largest absolute Gasteiger partial charge is 0.463 e. The van der Waals surface area contributed by atoms with E-state index in [9.17, 15) is 9.59 Å². The van der Waals surface area contributed by atoms with Gasteiger partial charge in [0, 0.05) is 37.6 Å². The number of carbonyl (C=O) groups is 2. The molecule has 6 nitrogen and oxygen atoms in total. The van der Waals surface area contributed by atoms with Crippen LogP contribution in [0.4, 0.5) is 0 Å². The number of aromatic nitrogens is 2. The minimum atomic E-state index is -0.0751. The molecule has 1 fully saturated rings. The van der Waals surface area contributed by atoms with Crippen molar-refractivity contribution in [3.8, 4) is 0 Å². The van der Waals surface area contributed by atoms with Crippen LogP contribution in [0.2, 0.25) is 0 Å². The highest BCUT2D eigenvalue weighted by atomic mass is 16.3. The quantitative estimate of drug-likeness (QED) is 0.686. The molecule has 1 aliphatic rings. The van der Waals surface area contributed by atoms with Crippen LogP contribution < -0.4 is 0 Å². The minimum absolute atomic E-state index is 0.0230. The van der Waals surface area contributed by atoms with Crippen LogP contribution in [0, 0.1) is 0 Å². The van der Waals surface area contributed by atoms with Gasteiger partial charge in [0.2, 0.25) is 0 Å². The first kappa shape index (κ1) is 15.6. The Kier molecular flexibility index (Phi) is 3.87. The SMILES string of the molecule is Cn1cc(C(=O)C[C@@H]2CCCN2C(=O)c2coc3ccccc23)cn1. The van der Waals surface area contributed by atoms with E-state index in [1.807, 2.05) is 29.2 Å². The predicted molar refractivity (Wildman–Crippen MR) is 92.4 cm³/mol. The van der Waals surface area contributed by atoms with Gasteiger partial charge in [0.1, 0.15) is 11.8 Å². The van der Waals surface area contributed by atoms with Crippen molar-refractivity contribution in [2.75, 3.05) is 6.54 Å². The molecule has 6 heteroatoms. The van der Waals surface area contributed by atoms with Gasteiger partial charge in [-0.1, -0.05) is 18.2 Å². The third kappa shape index (κ3) is 2.84. The molecule has 3 heterocycles. The molecule has 128 valence electrons. The monoisotopic (exact) mass is 337 g/mol. The van der Waals surface area contributed by atoms with E-state index in [1.54, 1.807) is 24.1 Å². The number of para-hydroxylation sites is 1. The summed E-state index contributed by atoms with van der Waals surface area (Å²) < 4.78 is 7.11. The Balaban J connectivity index is 1.55. The molecular formula is C19H19N3O3. The maximum atomic E-state index is 13.0. The Morgan fingerprint density at radius 3 is 2.96 bits per heavy atom. The molecule has 1 amide bonds. The van der Waals surface area contributed by atoms with Crippen molar-refractivity contribution in [1.82, 2.24) is 14.7 Å². The summed E-state index contributed by atoms with van der Waals surface area (Å²) in [5, 5.41) is 4.86. The van der Waals surface area contributed by atoms with Crippen LogP contribution in [0.25, 0.3) is 11.0 Å². The third-order valence-corrected chi connectivity index (χ3v) is 4.80. The van der Waals surface area contributed by atoms with Gasteiger partial charge < -0.3 is 9.32 Å². The molecule has 1 aliphatic heterocycles. The molecule has 0 spiro atoms. The molecule has 4 rings (SSSR count). The van der Waals surface area contributed by atoms with E-state index in [4.69, 9.17) is 4.42 Å². The van der Waals surface area contributed by atoms with Gasteiger partial charge in [-0.25, -0.2) is 0 Å². The van der Waals surface area contributed by atoms with Crippen molar-refractivity contribution in [2.45, 2.75) is 25.3 Å². The van der Waals surface area contributed by atoms with Gasteiger partial charge in [-0.15, -0.1) is 0 Å². The lowest BCUT2D eigenvalue weighted by molar-refractivity contribution is 0.0718. The maximum Gasteiger partial charge on any atom is 0.258 e. The fourth-order valence-corrected chi connectivity index (χ4v) is 3.51. The summed E-state index contributed by atoms with van der Waals surface area (Å²) >= 11 is 0. The number of benzene rings is 1. The topological polar surface area (TPSA) is 68.3 Å². The van der Waals surface area contributed by atoms with Crippen LogP contribution in [0.3, 0.4) is 0 Å². The van der Waals surface area contributed by atoms with Gasteiger partial charge in [0.15, 0.2) is 5.78 Å². The number of carbonyl (C=O) groups excluding carboxylic acids is 2. The predicted octanol–water partition coefficient (Wildman–Crippen LogP) is 3.04. The first-order valence-electron chi connectivity index (χ1n) is 8.42. The van der Waals surface area contributed by atoms with E-state index in [0.717, 1.165) is 18.2 Å². The van der Waals surface area contributed by atoms with E-state index in [-0.39, 0.29) is 17.7 Å². The molecule has 1 saturated heterocycles. The van der Waals surface area contributed by atoms with Gasteiger partial charge in [0.25, 0.3) is 5.91 Å². The lowest BCUT2D eigenvalue weighted by Crippen LogP contribution is -2.36. The molecule has 1 atom stereocenters. The molecule has 0 saturated carbocycles. The van der Waals surface area contributed by atoms with E-state index in [0.29, 0.717) is 29.7 Å². The highest BCUT2D eigenvalue weighted by Gasteiger charge is 2.32. The zero-order valence-corrected chi connectivity index (χ0v) is 14.0. The summed E-state index contributed by atoms with van der Waals surface area (Å²) in [5.74, 6) is -0.0405. The van der Waals surface area contributed by atoms with Gasteiger partial charge in [-0.05, 0) is 18.9 Å². The number of hydrogen-bond acceptors (Lipinski definition) is 4. The van der Waals surface area contributed by atoms with Crippen molar-refractivity contribution in [3.63, 3.8) is 0 Å². The van der Waals surface area contributed by atoms with Gasteiger partial charge in [-0.2, -0.15) is 5.10 Å². The third-order valence-electron chi connectivity index (χ3n) is 4.80. The van der Waals surface area contributed by atoms with Gasteiger partial charge in [-0.3, -0.25) is 14.3 Å². The molecular weight excluding hydrogens is 318 g/mol. The lowest BCUT2D eigenvalue weighted by atomic mass is 10.0. The number of aryl methyl sites for hydroxylation is 1. The van der Waals surface area contributed by atoms with Crippen LogP contribution in [0.15, 0.2) is 47.3 Å². The summed E-state index contributed by atoms with van der Waals surface area (Å²) in [6.45, 7) is 0.670. The number of fused-ring (bicyclic) bond motifs is 1. The Morgan fingerprint density at radius 2 is 2.16 bits per heavy atom. The van der Waals surface area contributed by atoms with Crippen LogP contribution in [0.1, 0.15) is 40.0 Å². The van der Waals surface area contributed by atoms with E-state index in [2.05, 4.69) is 5.10 Å². The summed E-state index contributed by atoms with van der Waals surface area (Å²) in [6.07, 6.45) is 6.89. The smallest absolute Gasteiger partial charge is 0.258 e. The van der Waals surface area contributed by atoms with Crippen molar-refractivity contribution >= 4 is 22.7 Å². The fourth-order valence-electron chi connectivity index (χ4n) is 3.51. The fraction of sp³-hybridized carbons (Fsp3) is 0.316. The first-order valence-corrected chi connectivity index (χ1v) is 8.42. The van der Waals surface area contributed by atoms with E-state index >= 15 is 0 Å². The Labute approximate surface area is 145 Å². The van der Waals surface area contributed by atoms with Crippen LogP contribution in [-0.2, 0) is 7.05 Å². The van der Waals surface area contributed by atoms with Crippen molar-refractivity contribution in [3.05, 3.63) is 54.0 Å². The number of rotatable bonds is 4. The Morgan fingerprint density at radius 1 is 1.32 bits per heavy atom. The second-order valence-corrected chi connectivity index (χ2v) is 6.47. The highest BCUT2D eigenvalue weighted by molar-refractivity contribution is 6.06. The van der Waals surface area contributed by atoms with E-state index < -0.39 is 0 Å². The molecule has 0 radical (unpaired) electrons. The summed E-state index contributed by atoms with van der Waals surface area (Å²) in [5.41, 5.74) is 1.86. The molecule has 2 aromatic heterocycles. The lowest BCUT2D eigenvalue weighted by Gasteiger charge is -2.23. The van der Waals surface area contributed by atoms with E-state index in [1.165, 1.54) is 6.26 Å².